The average Bonchev–Trinajstić information content (AvgIpc) is 2.65. The molecule has 6 nitrogen and oxygen atoms in total. The lowest BCUT2D eigenvalue weighted by molar-refractivity contribution is -0.121. The Labute approximate surface area is 165 Å². The summed E-state index contributed by atoms with van der Waals surface area (Å²) in [5.41, 5.74) is 2.77. The van der Waals surface area contributed by atoms with E-state index in [1.165, 1.54) is 0 Å². The van der Waals surface area contributed by atoms with Gasteiger partial charge in [0.2, 0.25) is 5.91 Å². The number of hydrogen-bond donors (Lipinski definition) is 3. The van der Waals surface area contributed by atoms with E-state index < -0.39 is 0 Å². The molecular formula is C22H27N3O3. The first-order valence-electron chi connectivity index (χ1n) is 9.38. The maximum atomic E-state index is 12.2. The van der Waals surface area contributed by atoms with E-state index in [1.807, 2.05) is 32.9 Å². The van der Waals surface area contributed by atoms with E-state index in [9.17, 15) is 14.4 Å². The summed E-state index contributed by atoms with van der Waals surface area (Å²) >= 11 is 0. The Morgan fingerprint density at radius 1 is 0.786 bits per heavy atom. The van der Waals surface area contributed by atoms with Gasteiger partial charge in [0.1, 0.15) is 0 Å². The summed E-state index contributed by atoms with van der Waals surface area (Å²) in [6.07, 6.45) is 0.476. The van der Waals surface area contributed by atoms with Gasteiger partial charge in [-0.1, -0.05) is 31.5 Å². The second-order valence-corrected chi connectivity index (χ2v) is 7.10. The number of nitrogens with one attached hydrogen (secondary N) is 3. The van der Waals surface area contributed by atoms with Gasteiger partial charge in [0.15, 0.2) is 0 Å². The lowest BCUT2D eigenvalue weighted by Gasteiger charge is -2.09. The molecule has 0 aliphatic heterocycles. The van der Waals surface area contributed by atoms with Crippen molar-refractivity contribution in [3.8, 4) is 0 Å². The quantitative estimate of drug-likeness (QED) is 0.614. The summed E-state index contributed by atoms with van der Waals surface area (Å²) in [4.78, 5) is 35.9. The molecule has 0 atom stereocenters. The SMILES string of the molecule is Cc1ccc(C(=O)Nc2ccc(C(=O)NCCNC(=O)CC(C)C)cc2)cc1. The minimum atomic E-state index is -0.227. The third kappa shape index (κ3) is 6.87. The van der Waals surface area contributed by atoms with E-state index in [1.54, 1.807) is 36.4 Å². The fraction of sp³-hybridized carbons (Fsp3) is 0.318. The van der Waals surface area contributed by atoms with E-state index in [2.05, 4.69) is 16.0 Å². The summed E-state index contributed by atoms with van der Waals surface area (Å²) in [7, 11) is 0. The molecule has 0 unspecified atom stereocenters. The molecule has 0 heterocycles. The minimum absolute atomic E-state index is 0.0158. The molecule has 2 rings (SSSR count). The van der Waals surface area contributed by atoms with Gasteiger partial charge >= 0.3 is 0 Å². The Balaban J connectivity index is 1.79. The Kier molecular flexibility index (Phi) is 7.75. The normalized spacial score (nSPS) is 10.4. The predicted molar refractivity (Wildman–Crippen MR) is 110 cm³/mol. The molecule has 0 spiro atoms. The molecule has 0 saturated carbocycles. The summed E-state index contributed by atoms with van der Waals surface area (Å²) in [6.45, 7) is 6.67. The molecule has 0 radical (unpaired) electrons. The van der Waals surface area contributed by atoms with E-state index >= 15 is 0 Å². The van der Waals surface area contributed by atoms with E-state index in [0.29, 0.717) is 42.2 Å². The van der Waals surface area contributed by atoms with E-state index in [0.717, 1.165) is 5.56 Å². The van der Waals surface area contributed by atoms with Crippen molar-refractivity contribution >= 4 is 23.4 Å². The summed E-state index contributed by atoms with van der Waals surface area (Å²) in [5.74, 6) is -0.138. The zero-order chi connectivity index (χ0) is 20.5. The fourth-order valence-electron chi connectivity index (χ4n) is 2.54. The first kappa shape index (κ1) is 21.2. The van der Waals surface area contributed by atoms with Crippen LogP contribution in [0.1, 0.15) is 46.5 Å². The Hall–Kier alpha value is -3.15. The Bertz CT molecular complexity index is 812. The van der Waals surface area contributed by atoms with Crippen molar-refractivity contribution in [3.05, 3.63) is 65.2 Å². The van der Waals surface area contributed by atoms with E-state index in [4.69, 9.17) is 0 Å². The zero-order valence-corrected chi connectivity index (χ0v) is 16.5. The second-order valence-electron chi connectivity index (χ2n) is 7.10. The molecule has 3 N–H and O–H groups in total. The van der Waals surface area contributed by atoms with Gasteiger partial charge < -0.3 is 16.0 Å². The smallest absolute Gasteiger partial charge is 0.255 e. The molecule has 0 aliphatic carbocycles. The van der Waals surface area contributed by atoms with Gasteiger partial charge in [0.05, 0.1) is 0 Å². The number of rotatable bonds is 8. The molecule has 0 aromatic heterocycles. The standard InChI is InChI=1S/C22H27N3O3/c1-15(2)14-20(26)23-12-13-24-21(27)17-8-10-19(11-9-17)25-22(28)18-6-4-16(3)5-7-18/h4-11,15H,12-14H2,1-3H3,(H,23,26)(H,24,27)(H,25,28). The maximum absolute atomic E-state index is 12.2. The molecule has 0 fully saturated rings. The number of carbonyl (C=O) groups excluding carboxylic acids is 3. The Morgan fingerprint density at radius 3 is 1.93 bits per heavy atom. The lowest BCUT2D eigenvalue weighted by Crippen LogP contribution is -2.35. The van der Waals surface area contributed by atoms with Crippen molar-refractivity contribution in [1.82, 2.24) is 10.6 Å². The van der Waals surface area contributed by atoms with Crippen molar-refractivity contribution < 1.29 is 14.4 Å². The number of carbonyl (C=O) groups is 3. The molecule has 0 aliphatic rings. The zero-order valence-electron chi connectivity index (χ0n) is 16.5. The number of benzene rings is 2. The molecule has 0 saturated heterocycles. The van der Waals surface area contributed by atoms with Crippen LogP contribution in [-0.4, -0.2) is 30.8 Å². The van der Waals surface area contributed by atoms with E-state index in [-0.39, 0.29) is 17.7 Å². The van der Waals surface area contributed by atoms with Crippen molar-refractivity contribution in [2.75, 3.05) is 18.4 Å². The van der Waals surface area contributed by atoms with Crippen LogP contribution >= 0.6 is 0 Å². The molecule has 2 aromatic rings. The summed E-state index contributed by atoms with van der Waals surface area (Å²) in [6, 6.07) is 14.0. The number of hydrogen-bond acceptors (Lipinski definition) is 3. The topological polar surface area (TPSA) is 87.3 Å². The van der Waals surface area contributed by atoms with Gasteiger partial charge in [-0.25, -0.2) is 0 Å². The van der Waals surface area contributed by atoms with Crippen molar-refractivity contribution in [2.24, 2.45) is 5.92 Å². The third-order valence-corrected chi connectivity index (χ3v) is 4.05. The first-order valence-corrected chi connectivity index (χ1v) is 9.38. The molecule has 28 heavy (non-hydrogen) atoms. The lowest BCUT2D eigenvalue weighted by atomic mass is 10.1. The average molecular weight is 381 g/mol. The highest BCUT2D eigenvalue weighted by molar-refractivity contribution is 6.04. The third-order valence-electron chi connectivity index (χ3n) is 4.05. The highest BCUT2D eigenvalue weighted by atomic mass is 16.2. The summed E-state index contributed by atoms with van der Waals surface area (Å²) < 4.78 is 0. The Morgan fingerprint density at radius 2 is 1.32 bits per heavy atom. The number of amides is 3. The van der Waals surface area contributed by atoms with Crippen molar-refractivity contribution in [1.29, 1.82) is 0 Å². The van der Waals surface area contributed by atoms with Gasteiger partial charge in [0.25, 0.3) is 11.8 Å². The highest BCUT2D eigenvalue weighted by Gasteiger charge is 2.09. The van der Waals surface area contributed by atoms with Crippen LogP contribution in [0, 0.1) is 12.8 Å². The highest BCUT2D eigenvalue weighted by Crippen LogP contribution is 2.12. The van der Waals surface area contributed by atoms with Crippen LogP contribution in [0.3, 0.4) is 0 Å². The molecular weight excluding hydrogens is 354 g/mol. The van der Waals surface area contributed by atoms with Gasteiger partial charge in [-0.3, -0.25) is 14.4 Å². The van der Waals surface area contributed by atoms with Crippen LogP contribution in [0.25, 0.3) is 0 Å². The van der Waals surface area contributed by atoms with Crippen molar-refractivity contribution in [3.63, 3.8) is 0 Å². The molecule has 0 bridgehead atoms. The second kappa shape index (κ2) is 10.3. The van der Waals surface area contributed by atoms with Crippen LogP contribution in [-0.2, 0) is 4.79 Å². The maximum Gasteiger partial charge on any atom is 0.255 e. The predicted octanol–water partition coefficient (Wildman–Crippen LogP) is 3.14. The van der Waals surface area contributed by atoms with Crippen LogP contribution in [0.4, 0.5) is 5.69 Å². The minimum Gasteiger partial charge on any atom is -0.354 e. The molecule has 3 amide bonds. The fourth-order valence-corrected chi connectivity index (χ4v) is 2.54. The number of anilines is 1. The van der Waals surface area contributed by atoms with Gasteiger partial charge in [-0.15, -0.1) is 0 Å². The monoisotopic (exact) mass is 381 g/mol. The largest absolute Gasteiger partial charge is 0.354 e. The molecule has 6 heteroatoms. The van der Waals surface area contributed by atoms with Crippen LogP contribution in [0.15, 0.2) is 48.5 Å². The number of aryl methyl sites for hydroxylation is 1. The van der Waals surface area contributed by atoms with Crippen molar-refractivity contribution in [2.45, 2.75) is 27.2 Å². The molecule has 148 valence electrons. The van der Waals surface area contributed by atoms with Gasteiger partial charge in [-0.2, -0.15) is 0 Å². The van der Waals surface area contributed by atoms with Crippen LogP contribution < -0.4 is 16.0 Å². The van der Waals surface area contributed by atoms with Gasteiger partial charge in [0, 0.05) is 36.3 Å². The van der Waals surface area contributed by atoms with Crippen LogP contribution in [0.5, 0.6) is 0 Å². The first-order chi connectivity index (χ1) is 13.3. The molecule has 2 aromatic carbocycles. The van der Waals surface area contributed by atoms with Gasteiger partial charge in [-0.05, 0) is 49.2 Å². The summed E-state index contributed by atoms with van der Waals surface area (Å²) in [5, 5.41) is 8.33. The van der Waals surface area contributed by atoms with Crippen LogP contribution in [0.2, 0.25) is 0 Å².